The molecule has 2 rings (SSSR count). The number of aromatic nitrogens is 3. The van der Waals surface area contributed by atoms with Gasteiger partial charge in [0.05, 0.1) is 5.69 Å². The van der Waals surface area contributed by atoms with Gasteiger partial charge < -0.3 is 0 Å². The van der Waals surface area contributed by atoms with Gasteiger partial charge in [-0.25, -0.2) is 9.97 Å². The van der Waals surface area contributed by atoms with Crippen molar-refractivity contribution in [2.45, 2.75) is 38.5 Å². The normalized spacial score (nSPS) is 13.3. The summed E-state index contributed by atoms with van der Waals surface area (Å²) in [6.45, 7) is 7.67. The molecule has 0 unspecified atom stereocenters. The number of nitrogens with zero attached hydrogens (tertiary/aromatic N) is 3. The highest BCUT2D eigenvalue weighted by atomic mass is 35.5. The largest absolute Gasteiger partial charge is 0.364 e. The number of rotatable bonds is 1. The topological polar surface area (TPSA) is 30.2 Å². The van der Waals surface area contributed by atoms with Crippen LogP contribution in [0.4, 0.5) is 8.78 Å². The van der Waals surface area contributed by atoms with E-state index in [-0.39, 0.29) is 5.41 Å². The van der Waals surface area contributed by atoms with E-state index in [1.54, 1.807) is 11.3 Å². The highest BCUT2D eigenvalue weighted by Crippen LogP contribution is 2.32. The minimum atomic E-state index is -3.47. The Morgan fingerprint density at radius 1 is 1.17 bits per heavy atom. The lowest BCUT2D eigenvalue weighted by Crippen LogP contribution is -2.11. The number of halogens is 3. The molecule has 6 heteroatoms. The molecule has 2 heterocycles. The first-order valence-corrected chi connectivity index (χ1v) is 5.91. The van der Waals surface area contributed by atoms with Gasteiger partial charge >= 0.3 is 5.38 Å². The number of hydrogen-bond acceptors (Lipinski definition) is 2. The molecule has 0 bridgehead atoms. The van der Waals surface area contributed by atoms with E-state index in [2.05, 4.69) is 9.97 Å². The van der Waals surface area contributed by atoms with Crippen molar-refractivity contribution in [3.05, 3.63) is 29.5 Å². The first-order chi connectivity index (χ1) is 8.09. The Hall–Kier alpha value is -1.23. The van der Waals surface area contributed by atoms with Crippen LogP contribution < -0.4 is 0 Å². The Bertz CT molecular complexity index is 594. The number of hydrogen-bond donors (Lipinski definition) is 0. The summed E-state index contributed by atoms with van der Waals surface area (Å²) >= 11 is 4.99. The van der Waals surface area contributed by atoms with Crippen molar-refractivity contribution < 1.29 is 8.78 Å². The van der Waals surface area contributed by atoms with Crippen LogP contribution in [-0.4, -0.2) is 14.4 Å². The Balaban J connectivity index is 2.67. The van der Waals surface area contributed by atoms with Gasteiger partial charge in [-0.15, -0.1) is 0 Å². The highest BCUT2D eigenvalue weighted by molar-refractivity contribution is 6.21. The molecule has 0 amide bonds. The van der Waals surface area contributed by atoms with Gasteiger partial charge in [-0.2, -0.15) is 8.78 Å². The summed E-state index contributed by atoms with van der Waals surface area (Å²) in [5.74, 6) is 0.436. The lowest BCUT2D eigenvalue weighted by Gasteiger charge is -2.13. The molecule has 0 saturated carbocycles. The monoisotopic (exact) mass is 273 g/mol. The number of imidazole rings is 1. The predicted molar refractivity (Wildman–Crippen MR) is 66.2 cm³/mol. The van der Waals surface area contributed by atoms with E-state index in [1.165, 1.54) is 6.07 Å². The Kier molecular flexibility index (Phi) is 2.85. The molecule has 0 aliphatic rings. The number of fused-ring (bicyclic) bond motifs is 1. The third-order valence-corrected chi connectivity index (χ3v) is 2.88. The van der Waals surface area contributed by atoms with E-state index in [1.807, 2.05) is 27.0 Å². The molecule has 0 atom stereocenters. The minimum absolute atomic E-state index is 0.151. The van der Waals surface area contributed by atoms with Gasteiger partial charge in [-0.3, -0.25) is 4.40 Å². The fourth-order valence-electron chi connectivity index (χ4n) is 1.64. The summed E-state index contributed by atoms with van der Waals surface area (Å²) in [5, 5.41) is -3.47. The van der Waals surface area contributed by atoms with Crippen LogP contribution in [0.25, 0.3) is 5.65 Å². The average Bonchev–Trinajstić information content (AvgIpc) is 2.59. The van der Waals surface area contributed by atoms with Crippen LogP contribution in [0.1, 0.15) is 38.0 Å². The van der Waals surface area contributed by atoms with Crippen molar-refractivity contribution in [1.29, 1.82) is 0 Å². The van der Waals surface area contributed by atoms with Crippen LogP contribution in [0.2, 0.25) is 0 Å². The van der Waals surface area contributed by atoms with E-state index >= 15 is 0 Å². The Labute approximate surface area is 109 Å². The lowest BCUT2D eigenvalue weighted by atomic mass is 9.93. The second-order valence-electron chi connectivity index (χ2n) is 5.29. The molecule has 0 radical (unpaired) electrons. The summed E-state index contributed by atoms with van der Waals surface area (Å²) < 4.78 is 27.8. The molecule has 0 N–H and O–H groups in total. The van der Waals surface area contributed by atoms with Crippen molar-refractivity contribution in [2.24, 2.45) is 0 Å². The molecule has 98 valence electrons. The SMILES string of the molecule is Cc1nc(C(F)(F)Cl)cc2nc(C(C)(C)C)cn12. The summed E-state index contributed by atoms with van der Waals surface area (Å²) in [7, 11) is 0. The molecule has 0 saturated heterocycles. The second-order valence-corrected chi connectivity index (χ2v) is 5.77. The Morgan fingerprint density at radius 2 is 1.78 bits per heavy atom. The molecule has 2 aromatic heterocycles. The standard InChI is InChI=1S/C12H14ClF2N3/c1-7-16-8(12(13,14)15)5-10-17-9(6-18(7)10)11(2,3)4/h5-6H,1-4H3. The summed E-state index contributed by atoms with van der Waals surface area (Å²) in [6.07, 6.45) is 1.81. The molecule has 0 aromatic carbocycles. The summed E-state index contributed by atoms with van der Waals surface area (Å²) in [4.78, 5) is 8.16. The highest BCUT2D eigenvalue weighted by Gasteiger charge is 2.31. The van der Waals surface area contributed by atoms with E-state index in [4.69, 9.17) is 11.6 Å². The van der Waals surface area contributed by atoms with Crippen molar-refractivity contribution in [3.8, 4) is 0 Å². The molecular weight excluding hydrogens is 260 g/mol. The maximum atomic E-state index is 13.1. The van der Waals surface area contributed by atoms with Gasteiger partial charge in [0.2, 0.25) is 0 Å². The van der Waals surface area contributed by atoms with Crippen LogP contribution in [0, 0.1) is 6.92 Å². The van der Waals surface area contributed by atoms with Crippen molar-refractivity contribution >= 4 is 17.2 Å². The van der Waals surface area contributed by atoms with Crippen LogP contribution in [-0.2, 0) is 10.8 Å². The molecule has 0 aliphatic carbocycles. The molecule has 2 aromatic rings. The fourth-order valence-corrected chi connectivity index (χ4v) is 1.74. The summed E-state index contributed by atoms with van der Waals surface area (Å²) in [6, 6.07) is 1.22. The minimum Gasteiger partial charge on any atom is -0.288 e. The van der Waals surface area contributed by atoms with Crippen molar-refractivity contribution in [1.82, 2.24) is 14.4 Å². The van der Waals surface area contributed by atoms with Gasteiger partial charge in [0.15, 0.2) is 0 Å². The third-order valence-electron chi connectivity index (χ3n) is 2.69. The second kappa shape index (κ2) is 3.88. The van der Waals surface area contributed by atoms with Gasteiger partial charge in [-0.05, 0) is 18.5 Å². The van der Waals surface area contributed by atoms with Gasteiger partial charge in [0, 0.05) is 17.7 Å². The molecular formula is C12H14ClF2N3. The zero-order valence-electron chi connectivity index (χ0n) is 10.6. The Morgan fingerprint density at radius 3 is 2.28 bits per heavy atom. The maximum absolute atomic E-state index is 13.1. The first kappa shape index (κ1) is 13.2. The van der Waals surface area contributed by atoms with Crippen molar-refractivity contribution in [3.63, 3.8) is 0 Å². The van der Waals surface area contributed by atoms with Crippen LogP contribution >= 0.6 is 11.6 Å². The molecule has 0 aliphatic heterocycles. The quantitative estimate of drug-likeness (QED) is 0.743. The van der Waals surface area contributed by atoms with Crippen molar-refractivity contribution in [2.75, 3.05) is 0 Å². The maximum Gasteiger partial charge on any atom is 0.364 e. The molecule has 0 spiro atoms. The van der Waals surface area contributed by atoms with Crippen LogP contribution in [0.3, 0.4) is 0 Å². The van der Waals surface area contributed by atoms with E-state index in [0.29, 0.717) is 11.5 Å². The van der Waals surface area contributed by atoms with Gasteiger partial charge in [0.1, 0.15) is 17.2 Å². The van der Waals surface area contributed by atoms with Crippen LogP contribution in [0.15, 0.2) is 12.3 Å². The van der Waals surface area contributed by atoms with E-state index in [0.717, 1.165) is 5.69 Å². The zero-order chi connectivity index (χ0) is 13.7. The number of aryl methyl sites for hydroxylation is 1. The molecule has 0 fully saturated rings. The third kappa shape index (κ3) is 2.32. The molecule has 18 heavy (non-hydrogen) atoms. The predicted octanol–water partition coefficient (Wildman–Crippen LogP) is 3.62. The van der Waals surface area contributed by atoms with Gasteiger partial charge in [-0.1, -0.05) is 20.8 Å². The van der Waals surface area contributed by atoms with E-state index in [9.17, 15) is 8.78 Å². The number of alkyl halides is 3. The van der Waals surface area contributed by atoms with E-state index < -0.39 is 11.1 Å². The first-order valence-electron chi connectivity index (χ1n) is 5.53. The fraction of sp³-hybridized carbons (Fsp3) is 0.500. The average molecular weight is 274 g/mol. The lowest BCUT2D eigenvalue weighted by molar-refractivity contribution is 0.0897. The molecule has 3 nitrogen and oxygen atoms in total. The smallest absolute Gasteiger partial charge is 0.288 e. The van der Waals surface area contributed by atoms with Gasteiger partial charge in [0.25, 0.3) is 0 Å². The van der Waals surface area contributed by atoms with Crippen LogP contribution in [0.5, 0.6) is 0 Å². The summed E-state index contributed by atoms with van der Waals surface area (Å²) in [5.41, 5.74) is 0.632. The zero-order valence-corrected chi connectivity index (χ0v) is 11.4.